The number of halogens is 1. The van der Waals surface area contributed by atoms with E-state index in [0.717, 1.165) is 11.1 Å². The lowest BCUT2D eigenvalue weighted by Gasteiger charge is -2.16. The Bertz CT molecular complexity index is 724. The molecule has 2 N–H and O–H groups in total. The fourth-order valence-electron chi connectivity index (χ4n) is 2.53. The molecule has 0 unspecified atom stereocenters. The van der Waals surface area contributed by atoms with Crippen LogP contribution in [0.3, 0.4) is 0 Å². The number of carbonyl (C=O) groups is 2. The van der Waals surface area contributed by atoms with E-state index in [1.54, 1.807) is 24.3 Å². The van der Waals surface area contributed by atoms with Gasteiger partial charge in [0.15, 0.2) is 5.78 Å². The summed E-state index contributed by atoms with van der Waals surface area (Å²) in [6.07, 6.45) is -0.148. The molecule has 25 heavy (non-hydrogen) atoms. The van der Waals surface area contributed by atoms with Crippen LogP contribution in [0.15, 0.2) is 48.5 Å². The second-order valence-corrected chi connectivity index (χ2v) is 6.40. The van der Waals surface area contributed by atoms with Gasteiger partial charge in [-0.3, -0.25) is 4.79 Å². The highest BCUT2D eigenvalue weighted by atomic mass is 19.1. The lowest BCUT2D eigenvalue weighted by Crippen LogP contribution is -2.92. The zero-order valence-electron chi connectivity index (χ0n) is 14.4. The van der Waals surface area contributed by atoms with Crippen molar-refractivity contribution in [1.82, 2.24) is 0 Å². The van der Waals surface area contributed by atoms with Gasteiger partial charge in [-0.15, -0.1) is 0 Å². The molecule has 2 aromatic carbocycles. The highest BCUT2D eigenvalue weighted by Gasteiger charge is 2.19. The topological polar surface area (TPSA) is 73.8 Å². The highest BCUT2D eigenvalue weighted by Crippen LogP contribution is 2.15. The summed E-state index contributed by atoms with van der Waals surface area (Å²) >= 11 is 0. The minimum Gasteiger partial charge on any atom is -0.544 e. The Morgan fingerprint density at radius 1 is 1.04 bits per heavy atom. The first-order chi connectivity index (χ1) is 11.9. The molecule has 1 atom stereocenters. The molecule has 0 aliphatic rings. The third-order valence-corrected chi connectivity index (χ3v) is 4.16. The summed E-state index contributed by atoms with van der Waals surface area (Å²) in [5, 5.41) is 12.9. The SMILES string of the molecule is CC(C)c1ccc(C(=O)C[C@H]([NH2+]Cc2ccc(F)cc2)C(=O)[O-])cc1. The number of aliphatic carboxylic acids is 1. The van der Waals surface area contributed by atoms with Crippen LogP contribution in [0.4, 0.5) is 4.39 Å². The molecule has 4 nitrogen and oxygen atoms in total. The molecule has 2 rings (SSSR count). The van der Waals surface area contributed by atoms with E-state index >= 15 is 0 Å². The lowest BCUT2D eigenvalue weighted by atomic mass is 9.98. The van der Waals surface area contributed by atoms with Gasteiger partial charge in [0.05, 0.1) is 12.4 Å². The Balaban J connectivity index is 1.99. The number of carbonyl (C=O) groups excluding carboxylic acids is 2. The van der Waals surface area contributed by atoms with Crippen LogP contribution in [0, 0.1) is 5.82 Å². The molecule has 0 saturated heterocycles. The van der Waals surface area contributed by atoms with Gasteiger partial charge in [0, 0.05) is 11.1 Å². The molecule has 132 valence electrons. The summed E-state index contributed by atoms with van der Waals surface area (Å²) in [4.78, 5) is 23.7. The third-order valence-electron chi connectivity index (χ3n) is 4.16. The van der Waals surface area contributed by atoms with E-state index in [-0.39, 0.29) is 18.0 Å². The van der Waals surface area contributed by atoms with Crippen molar-refractivity contribution in [2.24, 2.45) is 0 Å². The van der Waals surface area contributed by atoms with Gasteiger partial charge in [0.1, 0.15) is 18.4 Å². The van der Waals surface area contributed by atoms with Crippen molar-refractivity contribution in [3.8, 4) is 0 Å². The molecule has 2 aromatic rings. The molecule has 0 fully saturated rings. The number of ketones is 1. The van der Waals surface area contributed by atoms with Crippen LogP contribution in [0.2, 0.25) is 0 Å². The Kier molecular flexibility index (Phi) is 6.42. The number of quaternary nitrogens is 1. The Labute approximate surface area is 146 Å². The second kappa shape index (κ2) is 8.53. The van der Waals surface area contributed by atoms with Crippen molar-refractivity contribution in [2.45, 2.75) is 38.8 Å². The molecule has 0 amide bonds. The summed E-state index contributed by atoms with van der Waals surface area (Å²) < 4.78 is 12.9. The number of carboxylic acid groups (broad SMARTS) is 1. The number of carboxylic acids is 1. The van der Waals surface area contributed by atoms with Crippen molar-refractivity contribution in [3.63, 3.8) is 0 Å². The van der Waals surface area contributed by atoms with Gasteiger partial charge in [-0.05, 0) is 23.6 Å². The Morgan fingerprint density at radius 3 is 2.16 bits per heavy atom. The number of rotatable bonds is 8. The average molecular weight is 343 g/mol. The van der Waals surface area contributed by atoms with Crippen molar-refractivity contribution in [3.05, 3.63) is 71.0 Å². The molecule has 0 saturated carbocycles. The van der Waals surface area contributed by atoms with E-state index < -0.39 is 12.0 Å². The van der Waals surface area contributed by atoms with Gasteiger partial charge in [-0.2, -0.15) is 0 Å². The summed E-state index contributed by atoms with van der Waals surface area (Å²) in [6, 6.07) is 12.0. The lowest BCUT2D eigenvalue weighted by molar-refractivity contribution is -0.697. The zero-order chi connectivity index (χ0) is 18.4. The van der Waals surface area contributed by atoms with Crippen LogP contribution in [0.1, 0.15) is 47.7 Å². The van der Waals surface area contributed by atoms with Crippen LogP contribution in [0.5, 0.6) is 0 Å². The van der Waals surface area contributed by atoms with Crippen molar-refractivity contribution < 1.29 is 24.4 Å². The van der Waals surface area contributed by atoms with Gasteiger partial charge in [0.2, 0.25) is 0 Å². The molecule has 0 aliphatic carbocycles. The molecule has 0 heterocycles. The first kappa shape index (κ1) is 18.8. The normalized spacial score (nSPS) is 12.2. The number of benzene rings is 2. The van der Waals surface area contributed by atoms with Gasteiger partial charge in [-0.25, -0.2) is 4.39 Å². The van der Waals surface area contributed by atoms with Gasteiger partial charge in [-0.1, -0.05) is 50.2 Å². The first-order valence-electron chi connectivity index (χ1n) is 8.28. The molecular formula is C20H22FNO3. The van der Waals surface area contributed by atoms with Crippen molar-refractivity contribution >= 4 is 11.8 Å². The first-order valence-corrected chi connectivity index (χ1v) is 8.28. The minimum atomic E-state index is -1.28. The highest BCUT2D eigenvalue weighted by molar-refractivity contribution is 5.98. The molecule has 0 spiro atoms. The summed E-state index contributed by atoms with van der Waals surface area (Å²) in [7, 11) is 0. The number of nitrogens with two attached hydrogens (primary N) is 1. The maximum atomic E-state index is 12.9. The van der Waals surface area contributed by atoms with Crippen LogP contribution < -0.4 is 10.4 Å². The maximum Gasteiger partial charge on any atom is 0.169 e. The standard InChI is InChI=1S/C20H22FNO3/c1-13(2)15-5-7-16(8-6-15)19(23)11-18(20(24)25)22-12-14-3-9-17(21)10-4-14/h3-10,13,18,22H,11-12H2,1-2H3,(H,24,25)/t18-/m0/s1. The molecule has 5 heteroatoms. The Morgan fingerprint density at radius 2 is 1.64 bits per heavy atom. The monoisotopic (exact) mass is 343 g/mol. The zero-order valence-corrected chi connectivity index (χ0v) is 14.4. The average Bonchev–Trinajstić information content (AvgIpc) is 2.59. The van der Waals surface area contributed by atoms with Crippen LogP contribution in [0.25, 0.3) is 0 Å². The fraction of sp³-hybridized carbons (Fsp3) is 0.300. The maximum absolute atomic E-state index is 12.9. The quantitative estimate of drug-likeness (QED) is 0.737. The number of Topliss-reactive ketones (excluding diaryl/α,β-unsaturated/α-hetero) is 1. The molecule has 0 aromatic heterocycles. The molecule has 0 radical (unpaired) electrons. The van der Waals surface area contributed by atoms with Gasteiger partial charge < -0.3 is 15.2 Å². The Hall–Kier alpha value is -2.53. The van der Waals surface area contributed by atoms with E-state index in [9.17, 15) is 19.1 Å². The van der Waals surface area contributed by atoms with Crippen molar-refractivity contribution in [1.29, 1.82) is 0 Å². The summed E-state index contributed by atoms with van der Waals surface area (Å²) in [5.74, 6) is -1.50. The van der Waals surface area contributed by atoms with Crippen LogP contribution >= 0.6 is 0 Å². The minimum absolute atomic E-state index is 0.148. The van der Waals surface area contributed by atoms with Crippen molar-refractivity contribution in [2.75, 3.05) is 0 Å². The largest absolute Gasteiger partial charge is 0.544 e. The predicted octanol–water partition coefficient (Wildman–Crippen LogP) is 1.40. The molecular weight excluding hydrogens is 321 g/mol. The smallest absolute Gasteiger partial charge is 0.169 e. The van der Waals surface area contributed by atoms with Gasteiger partial charge in [0.25, 0.3) is 0 Å². The van der Waals surface area contributed by atoms with Crippen LogP contribution in [-0.4, -0.2) is 17.8 Å². The molecule has 0 bridgehead atoms. The van der Waals surface area contributed by atoms with E-state index in [1.165, 1.54) is 17.4 Å². The van der Waals surface area contributed by atoms with Gasteiger partial charge >= 0.3 is 0 Å². The third kappa shape index (κ3) is 5.50. The van der Waals surface area contributed by atoms with E-state index in [1.807, 2.05) is 12.1 Å². The number of hydrogen-bond donors (Lipinski definition) is 1. The number of hydrogen-bond acceptors (Lipinski definition) is 3. The summed E-state index contributed by atoms with van der Waals surface area (Å²) in [5.41, 5.74) is 2.39. The molecule has 0 aliphatic heterocycles. The summed E-state index contributed by atoms with van der Waals surface area (Å²) in [6.45, 7) is 4.46. The fourth-order valence-corrected chi connectivity index (χ4v) is 2.53. The van der Waals surface area contributed by atoms with Crippen LogP contribution in [-0.2, 0) is 11.3 Å². The predicted molar refractivity (Wildman–Crippen MR) is 90.3 cm³/mol. The van der Waals surface area contributed by atoms with E-state index in [2.05, 4.69) is 13.8 Å². The second-order valence-electron chi connectivity index (χ2n) is 6.40. The van der Waals surface area contributed by atoms with E-state index in [0.29, 0.717) is 18.0 Å². The van der Waals surface area contributed by atoms with E-state index in [4.69, 9.17) is 0 Å².